The topological polar surface area (TPSA) is 4.93 Å². The maximum Gasteiger partial charge on any atom is 0.0541 e. The third-order valence-corrected chi connectivity index (χ3v) is 11.0. The van der Waals surface area contributed by atoms with Crippen LogP contribution in [0.15, 0.2) is 115 Å². The van der Waals surface area contributed by atoms with Gasteiger partial charge in [0.05, 0.1) is 11.0 Å². The van der Waals surface area contributed by atoms with Gasteiger partial charge in [-0.15, -0.1) is 0 Å². The highest BCUT2D eigenvalue weighted by molar-refractivity contribution is 6.10. The second-order valence-electron chi connectivity index (χ2n) is 13.8. The summed E-state index contributed by atoms with van der Waals surface area (Å²) in [6.07, 6.45) is 8.79. The molecule has 0 amide bonds. The van der Waals surface area contributed by atoms with E-state index in [0.717, 1.165) is 17.8 Å². The molecule has 5 aromatic carbocycles. The summed E-state index contributed by atoms with van der Waals surface area (Å²) in [5.41, 5.74) is 12.3. The van der Waals surface area contributed by atoms with E-state index in [0.29, 0.717) is 5.41 Å². The normalized spacial score (nSPS) is 24.5. The van der Waals surface area contributed by atoms with Gasteiger partial charge in [0.1, 0.15) is 0 Å². The average molecular weight is 544 g/mol. The first-order valence-corrected chi connectivity index (χ1v) is 15.9. The summed E-state index contributed by atoms with van der Waals surface area (Å²) in [4.78, 5) is 0. The molecule has 1 heteroatoms. The lowest BCUT2D eigenvalue weighted by atomic mass is 9.48. The van der Waals surface area contributed by atoms with Crippen molar-refractivity contribution in [3.05, 3.63) is 126 Å². The Morgan fingerprint density at radius 1 is 0.524 bits per heavy atom. The maximum absolute atomic E-state index is 2.48. The number of nitrogens with zero attached hydrogens (tertiary/aromatic N) is 1. The molecular formula is C41H37N. The molecule has 0 spiro atoms. The van der Waals surface area contributed by atoms with Crippen LogP contribution in [0, 0.1) is 24.7 Å². The standard InChI is InChI=1S/C41H37N/c1-27-17-33(31-11-14-35(15-12-31)41-24-28-19-29(25-41)21-30(20-28)26-41)22-34(18-27)32-13-16-40-38(23-32)37-9-5-6-10-39(37)42(40)36-7-3-2-4-8-36/h2-18,22-23,28-30H,19-21,24-26H2,1H3. The van der Waals surface area contributed by atoms with Crippen molar-refractivity contribution in [1.82, 2.24) is 4.57 Å². The van der Waals surface area contributed by atoms with E-state index < -0.39 is 0 Å². The van der Waals surface area contributed by atoms with E-state index in [2.05, 4.69) is 127 Å². The molecule has 1 aromatic heterocycles. The minimum Gasteiger partial charge on any atom is -0.309 e. The average Bonchev–Trinajstić information content (AvgIpc) is 3.34. The zero-order chi connectivity index (χ0) is 27.8. The van der Waals surface area contributed by atoms with E-state index in [1.54, 1.807) is 5.56 Å². The van der Waals surface area contributed by atoms with Gasteiger partial charge in [-0.25, -0.2) is 0 Å². The molecule has 0 atom stereocenters. The number of aryl methyl sites for hydroxylation is 1. The molecule has 4 bridgehead atoms. The maximum atomic E-state index is 2.48. The molecular weight excluding hydrogens is 506 g/mol. The molecule has 4 aliphatic carbocycles. The summed E-state index contributed by atoms with van der Waals surface area (Å²) in [7, 11) is 0. The summed E-state index contributed by atoms with van der Waals surface area (Å²) in [5.74, 6) is 2.94. The number of rotatable bonds is 4. The highest BCUT2D eigenvalue weighted by atomic mass is 15.0. The van der Waals surface area contributed by atoms with E-state index in [4.69, 9.17) is 0 Å². The first-order valence-electron chi connectivity index (χ1n) is 15.9. The Balaban J connectivity index is 1.10. The molecule has 0 N–H and O–H groups in total. The quantitative estimate of drug-likeness (QED) is 0.208. The number of para-hydroxylation sites is 2. The molecule has 6 aromatic rings. The molecule has 0 radical (unpaired) electrons. The van der Waals surface area contributed by atoms with Gasteiger partial charge < -0.3 is 4.57 Å². The van der Waals surface area contributed by atoms with Gasteiger partial charge in [0.2, 0.25) is 0 Å². The lowest BCUT2D eigenvalue weighted by Crippen LogP contribution is -2.48. The van der Waals surface area contributed by atoms with Gasteiger partial charge >= 0.3 is 0 Å². The van der Waals surface area contributed by atoms with Crippen molar-refractivity contribution in [2.45, 2.75) is 50.9 Å². The van der Waals surface area contributed by atoms with Crippen LogP contribution in [-0.4, -0.2) is 4.57 Å². The van der Waals surface area contributed by atoms with Crippen LogP contribution in [0.25, 0.3) is 49.7 Å². The van der Waals surface area contributed by atoms with Crippen LogP contribution in [0.1, 0.15) is 49.7 Å². The smallest absolute Gasteiger partial charge is 0.0541 e. The summed E-state index contributed by atoms with van der Waals surface area (Å²) in [6.45, 7) is 2.23. The monoisotopic (exact) mass is 543 g/mol. The molecule has 0 saturated heterocycles. The van der Waals surface area contributed by atoms with Crippen LogP contribution >= 0.6 is 0 Å². The van der Waals surface area contributed by atoms with Gasteiger partial charge in [-0.3, -0.25) is 0 Å². The van der Waals surface area contributed by atoms with Crippen molar-refractivity contribution >= 4 is 21.8 Å². The predicted molar refractivity (Wildman–Crippen MR) is 176 cm³/mol. The Labute approximate surface area is 248 Å². The molecule has 10 rings (SSSR count). The van der Waals surface area contributed by atoms with Crippen molar-refractivity contribution < 1.29 is 0 Å². The second-order valence-corrected chi connectivity index (χ2v) is 13.8. The van der Waals surface area contributed by atoms with Gasteiger partial charge in [0.25, 0.3) is 0 Å². The van der Waals surface area contributed by atoms with Crippen molar-refractivity contribution in [1.29, 1.82) is 0 Å². The van der Waals surface area contributed by atoms with Gasteiger partial charge in [-0.05, 0) is 138 Å². The molecule has 1 heterocycles. The molecule has 4 aliphatic rings. The van der Waals surface area contributed by atoms with Crippen LogP contribution in [0.5, 0.6) is 0 Å². The SMILES string of the molecule is Cc1cc(-c2ccc(C34CC5CC(CC(C5)C3)C4)cc2)cc(-c2ccc3c(c2)c2ccccc2n3-c2ccccc2)c1. The number of fused-ring (bicyclic) bond motifs is 3. The lowest BCUT2D eigenvalue weighted by molar-refractivity contribution is -0.00518. The van der Waals surface area contributed by atoms with Crippen LogP contribution < -0.4 is 0 Å². The summed E-state index contributed by atoms with van der Waals surface area (Å²) in [5, 5.41) is 2.60. The van der Waals surface area contributed by atoms with Crippen LogP contribution in [0.4, 0.5) is 0 Å². The van der Waals surface area contributed by atoms with E-state index in [1.807, 2.05) is 0 Å². The number of hydrogen-bond donors (Lipinski definition) is 0. The third-order valence-electron chi connectivity index (χ3n) is 11.0. The Morgan fingerprint density at radius 2 is 1.12 bits per heavy atom. The van der Waals surface area contributed by atoms with Crippen molar-refractivity contribution in [3.63, 3.8) is 0 Å². The van der Waals surface area contributed by atoms with Gasteiger partial charge in [0.15, 0.2) is 0 Å². The zero-order valence-corrected chi connectivity index (χ0v) is 24.4. The number of aromatic nitrogens is 1. The Morgan fingerprint density at radius 3 is 1.83 bits per heavy atom. The Hall–Kier alpha value is -4.10. The molecule has 4 fully saturated rings. The highest BCUT2D eigenvalue weighted by Crippen LogP contribution is 2.60. The summed E-state index contributed by atoms with van der Waals surface area (Å²) in [6, 6.07) is 43.4. The Kier molecular flexibility index (Phi) is 5.37. The van der Waals surface area contributed by atoms with Gasteiger partial charge in [-0.1, -0.05) is 78.9 Å². The van der Waals surface area contributed by atoms with Crippen LogP contribution in [0.2, 0.25) is 0 Å². The predicted octanol–water partition coefficient (Wildman–Crippen LogP) is 10.9. The molecule has 206 valence electrons. The minimum atomic E-state index is 0.458. The van der Waals surface area contributed by atoms with Gasteiger partial charge in [-0.2, -0.15) is 0 Å². The number of benzene rings is 5. The molecule has 0 unspecified atom stereocenters. The van der Waals surface area contributed by atoms with Crippen molar-refractivity contribution in [2.75, 3.05) is 0 Å². The number of hydrogen-bond acceptors (Lipinski definition) is 0. The fourth-order valence-corrected chi connectivity index (χ4v) is 9.60. The van der Waals surface area contributed by atoms with Crippen molar-refractivity contribution in [3.8, 4) is 27.9 Å². The first-order chi connectivity index (χ1) is 20.6. The third kappa shape index (κ3) is 3.83. The first kappa shape index (κ1) is 24.5. The second kappa shape index (κ2) is 9.20. The molecule has 0 aliphatic heterocycles. The summed E-state index contributed by atoms with van der Waals surface area (Å²) >= 11 is 0. The lowest BCUT2D eigenvalue weighted by Gasteiger charge is -2.57. The molecule has 42 heavy (non-hydrogen) atoms. The van der Waals surface area contributed by atoms with Crippen LogP contribution in [0.3, 0.4) is 0 Å². The summed E-state index contributed by atoms with van der Waals surface area (Å²) < 4.78 is 2.39. The highest BCUT2D eigenvalue weighted by Gasteiger charge is 2.51. The van der Waals surface area contributed by atoms with E-state index >= 15 is 0 Å². The fourth-order valence-electron chi connectivity index (χ4n) is 9.60. The fraction of sp³-hybridized carbons (Fsp3) is 0.268. The van der Waals surface area contributed by atoms with E-state index in [-0.39, 0.29) is 0 Å². The Bertz CT molecular complexity index is 1920. The zero-order valence-electron chi connectivity index (χ0n) is 24.4. The van der Waals surface area contributed by atoms with E-state index in [1.165, 1.54) is 93.8 Å². The molecule has 1 nitrogen and oxygen atoms in total. The minimum absolute atomic E-state index is 0.458. The van der Waals surface area contributed by atoms with Crippen LogP contribution in [-0.2, 0) is 5.41 Å². The van der Waals surface area contributed by atoms with Gasteiger partial charge in [0, 0.05) is 16.5 Å². The van der Waals surface area contributed by atoms with E-state index in [9.17, 15) is 0 Å². The largest absolute Gasteiger partial charge is 0.309 e. The molecule has 4 saturated carbocycles. The van der Waals surface area contributed by atoms with Crippen molar-refractivity contribution in [2.24, 2.45) is 17.8 Å².